The van der Waals surface area contributed by atoms with Gasteiger partial charge in [-0.05, 0) is 55.9 Å². The summed E-state index contributed by atoms with van der Waals surface area (Å²) >= 11 is -1.09. The van der Waals surface area contributed by atoms with E-state index in [1.54, 1.807) is 36.1 Å². The predicted molar refractivity (Wildman–Crippen MR) is 176 cm³/mol. The number of aryl methyl sites for hydroxylation is 2. The third-order valence-corrected chi connectivity index (χ3v) is 10.4. The van der Waals surface area contributed by atoms with Crippen molar-refractivity contribution in [1.82, 2.24) is 24.7 Å². The van der Waals surface area contributed by atoms with Gasteiger partial charge in [0, 0.05) is 54.5 Å². The number of fused-ring (bicyclic) bond motifs is 8. The maximum absolute atomic E-state index is 15.5. The summed E-state index contributed by atoms with van der Waals surface area (Å²) < 4.78 is 36.6. The molecule has 0 aliphatic carbocycles. The third-order valence-electron chi connectivity index (χ3n) is 8.96. The van der Waals surface area contributed by atoms with Crippen LogP contribution < -0.4 is 4.74 Å². The van der Waals surface area contributed by atoms with E-state index in [-0.39, 0.29) is 5.75 Å². The fourth-order valence-electron chi connectivity index (χ4n) is 6.24. The van der Waals surface area contributed by atoms with Crippen LogP contribution in [0.4, 0.5) is 4.39 Å². The molecule has 3 atom stereocenters. The summed E-state index contributed by atoms with van der Waals surface area (Å²) in [5.41, 5.74) is 3.24. The number of hydrogen-bond donors (Lipinski definition) is 2. The molecular formula is C35H38FN5O4S. The van der Waals surface area contributed by atoms with Gasteiger partial charge in [0.2, 0.25) is 0 Å². The zero-order valence-corrected chi connectivity index (χ0v) is 27.1. The minimum Gasteiger partial charge on any atom is -0.616 e. The average molecular weight is 644 g/mol. The highest BCUT2D eigenvalue weighted by Crippen LogP contribution is 2.39. The molecule has 0 amide bonds. The molecular weight excluding hydrogens is 605 g/mol. The summed E-state index contributed by atoms with van der Waals surface area (Å²) in [5, 5.41) is 15.2. The molecule has 6 rings (SSSR count). The first-order chi connectivity index (χ1) is 22.1. The quantitative estimate of drug-likeness (QED) is 0.208. The van der Waals surface area contributed by atoms with Crippen molar-refractivity contribution < 1.29 is 23.6 Å². The van der Waals surface area contributed by atoms with Gasteiger partial charge < -0.3 is 19.4 Å². The Balaban J connectivity index is 1.42. The fraction of sp³-hybridized carbons (Fsp3) is 0.371. The molecule has 3 aromatic heterocycles. The Hall–Kier alpha value is -4.22. The van der Waals surface area contributed by atoms with Crippen LogP contribution in [0.25, 0.3) is 22.4 Å². The van der Waals surface area contributed by atoms with Crippen molar-refractivity contribution in [2.24, 2.45) is 13.0 Å². The molecule has 9 nitrogen and oxygen atoms in total. The number of rotatable bonds is 4. The smallest absolute Gasteiger partial charge is 0.306 e. The van der Waals surface area contributed by atoms with E-state index in [1.807, 2.05) is 31.3 Å². The lowest BCUT2D eigenvalue weighted by Crippen LogP contribution is -2.26. The molecule has 1 aliphatic heterocycles. The second-order valence-electron chi connectivity index (χ2n) is 12.4. The lowest BCUT2D eigenvalue weighted by molar-refractivity contribution is -0.141. The Morgan fingerprint density at radius 3 is 2.87 bits per heavy atom. The standard InChI is InChI=1S/C35H38FN5O4S/c1-22(33(42)43)18-23-8-7-9-24(19-23)35(2)13-5-4-6-16-46(44)17-12-27-26-11-15-37-29(26)21-28(36)31(27)45-25-10-14-38-30(20-25)32-39-34(35)40-41(32)3/h7-11,14-15,19-22,37H,4-6,12-13,16-18H2,1-3H3,(H,42,43)/t22-,35?,46?/m0/s1. The summed E-state index contributed by atoms with van der Waals surface area (Å²) in [6, 6.07) is 14.8. The minimum atomic E-state index is -1.09. The van der Waals surface area contributed by atoms with Gasteiger partial charge in [-0.3, -0.25) is 9.78 Å². The van der Waals surface area contributed by atoms with Gasteiger partial charge in [-0.1, -0.05) is 48.8 Å². The number of H-pyrrole nitrogens is 1. The van der Waals surface area contributed by atoms with Gasteiger partial charge in [0.25, 0.3) is 0 Å². The number of carboxylic acid groups (broad SMARTS) is 1. The number of aromatic amines is 1. The monoisotopic (exact) mass is 643 g/mol. The maximum Gasteiger partial charge on any atom is 0.306 e. The summed E-state index contributed by atoms with van der Waals surface area (Å²) in [5.74, 6) is 0.798. The number of pyridine rings is 1. The Morgan fingerprint density at radius 2 is 2.04 bits per heavy atom. The molecule has 0 fully saturated rings. The summed E-state index contributed by atoms with van der Waals surface area (Å²) in [6.07, 6.45) is 7.47. The third kappa shape index (κ3) is 6.52. The van der Waals surface area contributed by atoms with Crippen LogP contribution in [0.3, 0.4) is 0 Å². The van der Waals surface area contributed by atoms with Gasteiger partial charge in [0.05, 0.1) is 11.3 Å². The van der Waals surface area contributed by atoms with Crippen molar-refractivity contribution in [3.63, 3.8) is 0 Å². The highest BCUT2D eigenvalue weighted by Gasteiger charge is 2.34. The second-order valence-corrected chi connectivity index (χ2v) is 14.0. The number of carboxylic acids is 1. The molecule has 46 heavy (non-hydrogen) atoms. The van der Waals surface area contributed by atoms with Crippen molar-refractivity contribution in [3.05, 3.63) is 89.3 Å². The van der Waals surface area contributed by atoms with Crippen molar-refractivity contribution in [1.29, 1.82) is 0 Å². The summed E-state index contributed by atoms with van der Waals surface area (Å²) in [4.78, 5) is 24.2. The SMILES string of the molecule is C[C@@H](Cc1cccc(C2(C)CCCCC[S+]([O-])CCc3c(c(F)cc4[nH]ccc34)Oc3ccnc(c3)-c3nc2nn3C)c1)C(=O)O. The number of aliphatic carboxylic acids is 1. The van der Waals surface area contributed by atoms with E-state index in [0.29, 0.717) is 58.5 Å². The van der Waals surface area contributed by atoms with Crippen molar-refractivity contribution in [2.75, 3.05) is 11.5 Å². The fourth-order valence-corrected chi connectivity index (χ4v) is 7.40. The van der Waals surface area contributed by atoms with Crippen molar-refractivity contribution in [3.8, 4) is 23.0 Å². The molecule has 11 heteroatoms. The number of nitrogens with one attached hydrogen (secondary N) is 1. The van der Waals surface area contributed by atoms with E-state index in [2.05, 4.69) is 23.0 Å². The number of aromatic nitrogens is 5. The normalized spacial score (nSPS) is 19.9. The lowest BCUT2D eigenvalue weighted by Gasteiger charge is -2.28. The van der Waals surface area contributed by atoms with Crippen LogP contribution in [0.15, 0.2) is 60.9 Å². The average Bonchev–Trinajstić information content (AvgIpc) is 3.67. The topological polar surface area (TPSA) is 129 Å². The summed E-state index contributed by atoms with van der Waals surface area (Å²) in [6.45, 7) is 3.83. The van der Waals surface area contributed by atoms with Gasteiger partial charge in [-0.15, -0.1) is 0 Å². The van der Waals surface area contributed by atoms with Crippen LogP contribution in [0.5, 0.6) is 11.5 Å². The minimum absolute atomic E-state index is 0.116. The van der Waals surface area contributed by atoms with Crippen molar-refractivity contribution >= 4 is 28.0 Å². The molecule has 2 unspecified atom stereocenters. The van der Waals surface area contributed by atoms with Gasteiger partial charge in [0.15, 0.2) is 23.2 Å². The molecule has 240 valence electrons. The van der Waals surface area contributed by atoms with Crippen LogP contribution in [0.2, 0.25) is 0 Å². The molecule has 0 radical (unpaired) electrons. The van der Waals surface area contributed by atoms with E-state index in [9.17, 15) is 14.5 Å². The van der Waals surface area contributed by atoms with Gasteiger partial charge in [0.1, 0.15) is 22.9 Å². The highest BCUT2D eigenvalue weighted by molar-refractivity contribution is 7.91. The van der Waals surface area contributed by atoms with Gasteiger partial charge in [-0.2, -0.15) is 5.10 Å². The van der Waals surface area contributed by atoms with Crippen LogP contribution in [-0.2, 0) is 41.3 Å². The van der Waals surface area contributed by atoms with E-state index in [1.165, 1.54) is 6.07 Å². The number of carbonyl (C=O) groups is 1. The Bertz CT molecular complexity index is 1870. The first-order valence-corrected chi connectivity index (χ1v) is 17.1. The first-order valence-electron chi connectivity index (χ1n) is 15.6. The first kappa shape index (κ1) is 31.7. The second kappa shape index (κ2) is 13.3. The van der Waals surface area contributed by atoms with Crippen molar-refractivity contribution in [2.45, 2.75) is 57.8 Å². The van der Waals surface area contributed by atoms with E-state index in [4.69, 9.17) is 14.8 Å². The molecule has 2 N–H and O–H groups in total. The van der Waals surface area contributed by atoms with E-state index >= 15 is 4.39 Å². The number of benzene rings is 2. The lowest BCUT2D eigenvalue weighted by atomic mass is 9.76. The number of nitrogens with zero attached hydrogens (tertiary/aromatic N) is 4. The van der Waals surface area contributed by atoms with Crippen LogP contribution in [0, 0.1) is 11.7 Å². The Labute approximate surface area is 270 Å². The molecule has 0 saturated carbocycles. The van der Waals surface area contributed by atoms with Crippen LogP contribution >= 0.6 is 0 Å². The maximum atomic E-state index is 15.5. The Morgan fingerprint density at radius 1 is 1.20 bits per heavy atom. The molecule has 2 aromatic carbocycles. The zero-order chi connectivity index (χ0) is 32.4. The summed E-state index contributed by atoms with van der Waals surface area (Å²) in [7, 11) is 1.82. The molecule has 0 saturated heterocycles. The molecule has 4 bridgehead atoms. The number of halogens is 1. The number of hydrogen-bond acceptors (Lipinski definition) is 6. The van der Waals surface area contributed by atoms with Crippen LogP contribution in [-0.4, -0.2) is 51.9 Å². The number of ether oxygens (including phenoxy) is 1. The van der Waals surface area contributed by atoms with Gasteiger partial charge in [-0.25, -0.2) is 14.1 Å². The predicted octanol–water partition coefficient (Wildman–Crippen LogP) is 6.72. The Kier molecular flexibility index (Phi) is 9.15. The van der Waals surface area contributed by atoms with E-state index in [0.717, 1.165) is 42.2 Å². The van der Waals surface area contributed by atoms with Crippen LogP contribution in [0.1, 0.15) is 62.0 Å². The molecule has 0 spiro atoms. The molecule has 4 heterocycles. The highest BCUT2D eigenvalue weighted by atomic mass is 32.2. The molecule has 5 aromatic rings. The largest absolute Gasteiger partial charge is 0.616 e. The molecule has 1 aliphatic rings. The van der Waals surface area contributed by atoms with E-state index < -0.39 is 34.3 Å². The van der Waals surface area contributed by atoms with Gasteiger partial charge >= 0.3 is 5.97 Å². The zero-order valence-electron chi connectivity index (χ0n) is 26.3.